The molecule has 0 rings (SSSR count). The molecule has 4 heteroatoms. The van der Waals surface area contributed by atoms with Gasteiger partial charge in [0.1, 0.15) is 0 Å². The molecule has 0 fully saturated rings. The van der Waals surface area contributed by atoms with E-state index in [0.717, 1.165) is 116 Å². The van der Waals surface area contributed by atoms with Gasteiger partial charge in [0.25, 0.3) is 0 Å². The van der Waals surface area contributed by atoms with E-state index in [4.69, 9.17) is 0 Å². The summed E-state index contributed by atoms with van der Waals surface area (Å²) in [6.07, 6.45) is 79.3. The van der Waals surface area contributed by atoms with E-state index in [1.54, 1.807) is 6.08 Å². The highest BCUT2D eigenvalue weighted by molar-refractivity contribution is 5.76. The van der Waals surface area contributed by atoms with Crippen LogP contribution in [0, 0.1) is 0 Å². The van der Waals surface area contributed by atoms with Gasteiger partial charge in [-0.05, 0) is 116 Å². The summed E-state index contributed by atoms with van der Waals surface area (Å²) in [5, 5.41) is 22.8. The van der Waals surface area contributed by atoms with Gasteiger partial charge in [-0.3, -0.25) is 4.79 Å². The molecule has 2 atom stereocenters. The number of aliphatic hydroxyl groups is 2. The fraction of sp³-hybridized carbons (Fsp3) is 0.509. The summed E-state index contributed by atoms with van der Waals surface area (Å²) in [4.78, 5) is 12.3. The third-order valence-electron chi connectivity index (χ3n) is 9.24. The molecule has 0 spiro atoms. The lowest BCUT2D eigenvalue weighted by molar-refractivity contribution is -0.123. The Bertz CT molecular complexity index is 1330. The average molecular weight is 808 g/mol. The van der Waals surface area contributed by atoms with Crippen LogP contribution in [-0.2, 0) is 4.79 Å². The Kier molecular flexibility index (Phi) is 45.1. The first-order valence-corrected chi connectivity index (χ1v) is 23.2. The Morgan fingerprint density at radius 2 is 0.763 bits per heavy atom. The molecule has 4 nitrogen and oxygen atoms in total. The Morgan fingerprint density at radius 1 is 0.424 bits per heavy atom. The molecule has 0 radical (unpaired) electrons. The van der Waals surface area contributed by atoms with Crippen LogP contribution in [0.2, 0.25) is 0 Å². The molecule has 0 saturated carbocycles. The molecule has 0 aliphatic heterocycles. The Hall–Kier alpha value is -3.99. The molecule has 0 saturated heterocycles. The van der Waals surface area contributed by atoms with Gasteiger partial charge in [-0.15, -0.1) is 0 Å². The van der Waals surface area contributed by atoms with Crippen molar-refractivity contribution in [1.82, 2.24) is 5.32 Å². The second-order valence-corrected chi connectivity index (χ2v) is 14.7. The highest BCUT2D eigenvalue weighted by Crippen LogP contribution is 2.07. The molecule has 2 unspecified atom stereocenters. The van der Waals surface area contributed by atoms with E-state index < -0.39 is 12.1 Å². The maximum absolute atomic E-state index is 12.3. The normalized spacial score (nSPS) is 14.4. The molecule has 0 aromatic rings. The molecular formula is C55H85NO3. The SMILES string of the molecule is CC/C=C\C/C=C\C/C=C\C/C=C\C/C=C\C/C=C\C/C=C\C/C=C\C/C=C\C/C=C\C/C=C\CCCCCC(=O)NC(CO)C(O)/C=C/CC/C=C/CCCCCC. The third kappa shape index (κ3) is 45.0. The smallest absolute Gasteiger partial charge is 0.220 e. The zero-order chi connectivity index (χ0) is 42.8. The number of hydrogen-bond donors (Lipinski definition) is 3. The predicted molar refractivity (Wildman–Crippen MR) is 261 cm³/mol. The lowest BCUT2D eigenvalue weighted by atomic mass is 10.1. The van der Waals surface area contributed by atoms with Crippen molar-refractivity contribution in [2.24, 2.45) is 0 Å². The van der Waals surface area contributed by atoms with Crippen LogP contribution in [0.3, 0.4) is 0 Å². The molecule has 3 N–H and O–H groups in total. The Labute approximate surface area is 363 Å². The summed E-state index contributed by atoms with van der Waals surface area (Å²) < 4.78 is 0. The van der Waals surface area contributed by atoms with E-state index in [2.05, 4.69) is 165 Å². The van der Waals surface area contributed by atoms with Crippen LogP contribution in [0.15, 0.2) is 158 Å². The number of nitrogens with one attached hydrogen (secondary N) is 1. The largest absolute Gasteiger partial charge is 0.394 e. The minimum Gasteiger partial charge on any atom is -0.394 e. The van der Waals surface area contributed by atoms with Crippen molar-refractivity contribution < 1.29 is 15.0 Å². The van der Waals surface area contributed by atoms with Crippen molar-refractivity contribution in [2.75, 3.05) is 6.61 Å². The summed E-state index contributed by atoms with van der Waals surface area (Å²) in [5.74, 6) is -0.117. The molecule has 0 aromatic heterocycles. The highest BCUT2D eigenvalue weighted by atomic mass is 16.3. The highest BCUT2D eigenvalue weighted by Gasteiger charge is 2.17. The summed E-state index contributed by atoms with van der Waals surface area (Å²) >= 11 is 0. The number of aliphatic hydroxyl groups excluding tert-OH is 2. The van der Waals surface area contributed by atoms with Gasteiger partial charge in [-0.2, -0.15) is 0 Å². The van der Waals surface area contributed by atoms with Gasteiger partial charge >= 0.3 is 0 Å². The summed E-state index contributed by atoms with van der Waals surface area (Å²) in [6, 6.07) is -0.667. The molecular weight excluding hydrogens is 723 g/mol. The van der Waals surface area contributed by atoms with Gasteiger partial charge in [0.15, 0.2) is 0 Å². The Balaban J connectivity index is 3.77. The monoisotopic (exact) mass is 808 g/mol. The van der Waals surface area contributed by atoms with Crippen LogP contribution in [-0.4, -0.2) is 34.9 Å². The first-order chi connectivity index (χ1) is 29.2. The van der Waals surface area contributed by atoms with Crippen LogP contribution >= 0.6 is 0 Å². The van der Waals surface area contributed by atoms with E-state index in [0.29, 0.717) is 6.42 Å². The summed E-state index contributed by atoms with van der Waals surface area (Å²) in [7, 11) is 0. The first-order valence-electron chi connectivity index (χ1n) is 23.2. The number of carbonyl (C=O) groups is 1. The maximum Gasteiger partial charge on any atom is 0.220 e. The Morgan fingerprint density at radius 3 is 1.15 bits per heavy atom. The number of amides is 1. The van der Waals surface area contributed by atoms with Crippen molar-refractivity contribution in [1.29, 1.82) is 0 Å². The number of allylic oxidation sites excluding steroid dienone is 25. The lowest BCUT2D eigenvalue weighted by Crippen LogP contribution is -2.45. The summed E-state index contributed by atoms with van der Waals surface area (Å²) in [6.45, 7) is 4.10. The van der Waals surface area contributed by atoms with E-state index in [1.807, 2.05) is 6.08 Å². The van der Waals surface area contributed by atoms with E-state index in [-0.39, 0.29) is 12.5 Å². The topological polar surface area (TPSA) is 69.6 Å². The fourth-order valence-corrected chi connectivity index (χ4v) is 5.72. The molecule has 0 aliphatic rings. The van der Waals surface area contributed by atoms with Gasteiger partial charge in [0.05, 0.1) is 18.8 Å². The molecule has 0 bridgehead atoms. The van der Waals surface area contributed by atoms with E-state index >= 15 is 0 Å². The first kappa shape index (κ1) is 55.0. The van der Waals surface area contributed by atoms with Gasteiger partial charge in [-0.1, -0.05) is 198 Å². The summed E-state index contributed by atoms with van der Waals surface area (Å²) in [5.41, 5.74) is 0. The average Bonchev–Trinajstić information content (AvgIpc) is 3.24. The van der Waals surface area contributed by atoms with Crippen LogP contribution in [0.1, 0.15) is 162 Å². The van der Waals surface area contributed by atoms with Gasteiger partial charge in [0.2, 0.25) is 5.91 Å². The van der Waals surface area contributed by atoms with Crippen LogP contribution in [0.4, 0.5) is 0 Å². The zero-order valence-electron chi connectivity index (χ0n) is 37.4. The molecule has 0 aliphatic carbocycles. The molecule has 328 valence electrons. The minimum atomic E-state index is -0.886. The zero-order valence-corrected chi connectivity index (χ0v) is 37.4. The third-order valence-corrected chi connectivity index (χ3v) is 9.24. The van der Waals surface area contributed by atoms with Crippen LogP contribution in [0.5, 0.6) is 0 Å². The molecule has 59 heavy (non-hydrogen) atoms. The molecule has 0 heterocycles. The fourth-order valence-electron chi connectivity index (χ4n) is 5.72. The van der Waals surface area contributed by atoms with Crippen molar-refractivity contribution in [2.45, 2.75) is 174 Å². The van der Waals surface area contributed by atoms with Gasteiger partial charge in [0, 0.05) is 6.42 Å². The number of rotatable bonds is 39. The van der Waals surface area contributed by atoms with Gasteiger partial charge in [-0.25, -0.2) is 0 Å². The van der Waals surface area contributed by atoms with Crippen LogP contribution in [0.25, 0.3) is 0 Å². The minimum absolute atomic E-state index is 0.117. The molecule has 1 amide bonds. The molecule has 0 aromatic carbocycles. The lowest BCUT2D eigenvalue weighted by Gasteiger charge is -2.19. The standard InChI is InChI=1S/C55H85NO3/c1-3-5-7-9-11-13-15-16-17-18-19-20-21-22-23-24-25-26-27-28-29-30-31-32-33-34-35-36-37-38-39-40-41-43-45-47-49-51-55(59)56-53(52-57)54(58)50-48-46-44-42-14-12-10-8-6-4-2/h5,7,11,13-14,16-17,19-20,22-23,25-26,28-29,31-32,34-35,37-38,40-42,48,50,53-54,57-58H,3-4,6,8-10,12,15,18,21,24,27,30,33,36,39,43-47,49,51-52H2,1-2H3,(H,56,59)/b7-5-,13-11-,17-16-,20-19-,23-22-,26-25-,29-28-,32-31-,35-34-,38-37-,41-40-,42-14+,50-48+. The van der Waals surface area contributed by atoms with Crippen molar-refractivity contribution in [3.8, 4) is 0 Å². The van der Waals surface area contributed by atoms with Crippen molar-refractivity contribution in [3.63, 3.8) is 0 Å². The second kappa shape index (κ2) is 48.4. The number of unbranched alkanes of at least 4 members (excludes halogenated alkanes) is 8. The van der Waals surface area contributed by atoms with E-state index in [1.165, 1.54) is 25.7 Å². The van der Waals surface area contributed by atoms with Crippen molar-refractivity contribution >= 4 is 5.91 Å². The maximum atomic E-state index is 12.3. The van der Waals surface area contributed by atoms with E-state index in [9.17, 15) is 15.0 Å². The van der Waals surface area contributed by atoms with Gasteiger partial charge < -0.3 is 15.5 Å². The van der Waals surface area contributed by atoms with Crippen molar-refractivity contribution in [3.05, 3.63) is 158 Å². The predicted octanol–water partition coefficient (Wildman–Crippen LogP) is 15.1. The number of hydrogen-bond acceptors (Lipinski definition) is 3. The number of carbonyl (C=O) groups excluding carboxylic acids is 1. The quantitative estimate of drug-likeness (QED) is 0.0428. The second-order valence-electron chi connectivity index (χ2n) is 14.7. The van der Waals surface area contributed by atoms with Crippen LogP contribution < -0.4 is 5.32 Å².